The highest BCUT2D eigenvalue weighted by atomic mass is 79.9. The van der Waals surface area contributed by atoms with Gasteiger partial charge in [-0.05, 0) is 38.8 Å². The first-order chi connectivity index (χ1) is 7.49. The van der Waals surface area contributed by atoms with Gasteiger partial charge in [-0.3, -0.25) is 0 Å². The standard InChI is InChI=1S/C9H7Br2F2NO2/c1-2-16-9(15)4-3-14-7(11)6(10)5(4)8(12)13/h3,8H,2H2,1H3. The van der Waals surface area contributed by atoms with Gasteiger partial charge < -0.3 is 4.74 Å². The molecule has 0 aliphatic rings. The third-order valence-electron chi connectivity index (χ3n) is 1.73. The molecule has 0 aromatic carbocycles. The Hall–Kier alpha value is -0.560. The van der Waals surface area contributed by atoms with E-state index >= 15 is 0 Å². The molecule has 0 atom stereocenters. The fourth-order valence-electron chi connectivity index (χ4n) is 1.06. The van der Waals surface area contributed by atoms with E-state index in [9.17, 15) is 13.6 Å². The lowest BCUT2D eigenvalue weighted by atomic mass is 10.1. The van der Waals surface area contributed by atoms with Crippen LogP contribution in [0.4, 0.5) is 8.78 Å². The molecule has 0 N–H and O–H groups in total. The molecule has 0 aliphatic carbocycles. The Balaban J connectivity index is 3.28. The Labute approximate surface area is 107 Å². The Morgan fingerprint density at radius 1 is 1.56 bits per heavy atom. The molecule has 0 spiro atoms. The number of halogens is 4. The number of ether oxygens (including phenoxy) is 1. The molecule has 0 unspecified atom stereocenters. The summed E-state index contributed by atoms with van der Waals surface area (Å²) in [4.78, 5) is 15.2. The third-order valence-corrected chi connectivity index (χ3v) is 3.66. The molecule has 0 aliphatic heterocycles. The van der Waals surface area contributed by atoms with Gasteiger partial charge in [-0.1, -0.05) is 0 Å². The SMILES string of the molecule is CCOC(=O)c1cnc(Br)c(Br)c1C(F)F. The number of nitrogens with zero attached hydrogens (tertiary/aromatic N) is 1. The lowest BCUT2D eigenvalue weighted by Gasteiger charge is -2.10. The van der Waals surface area contributed by atoms with Crippen molar-refractivity contribution in [3.8, 4) is 0 Å². The van der Waals surface area contributed by atoms with Gasteiger partial charge in [0, 0.05) is 6.20 Å². The minimum Gasteiger partial charge on any atom is -0.462 e. The molecule has 88 valence electrons. The van der Waals surface area contributed by atoms with Gasteiger partial charge in [0.25, 0.3) is 6.43 Å². The number of pyridine rings is 1. The molecular weight excluding hydrogens is 352 g/mol. The van der Waals surface area contributed by atoms with Gasteiger partial charge >= 0.3 is 5.97 Å². The number of hydrogen-bond acceptors (Lipinski definition) is 3. The first kappa shape index (κ1) is 13.5. The van der Waals surface area contributed by atoms with E-state index in [0.29, 0.717) is 0 Å². The second-order valence-corrected chi connectivity index (χ2v) is 4.26. The van der Waals surface area contributed by atoms with Crippen LogP contribution in [0.3, 0.4) is 0 Å². The average Bonchev–Trinajstić information content (AvgIpc) is 2.21. The van der Waals surface area contributed by atoms with Crippen LogP contribution in [0.5, 0.6) is 0 Å². The molecule has 0 saturated heterocycles. The fourth-order valence-corrected chi connectivity index (χ4v) is 1.87. The molecule has 0 amide bonds. The molecule has 1 rings (SSSR count). The maximum atomic E-state index is 12.8. The van der Waals surface area contributed by atoms with Gasteiger partial charge in [-0.2, -0.15) is 0 Å². The molecule has 1 heterocycles. The Kier molecular flexibility index (Phi) is 4.79. The van der Waals surface area contributed by atoms with Crippen LogP contribution in [0.1, 0.15) is 29.3 Å². The van der Waals surface area contributed by atoms with E-state index in [0.717, 1.165) is 6.20 Å². The van der Waals surface area contributed by atoms with Crippen molar-refractivity contribution >= 4 is 37.8 Å². The fraction of sp³-hybridized carbons (Fsp3) is 0.333. The van der Waals surface area contributed by atoms with Gasteiger partial charge in [0.05, 0.1) is 22.2 Å². The zero-order chi connectivity index (χ0) is 12.3. The predicted molar refractivity (Wildman–Crippen MR) is 60.6 cm³/mol. The topological polar surface area (TPSA) is 39.2 Å². The maximum absolute atomic E-state index is 12.8. The summed E-state index contributed by atoms with van der Waals surface area (Å²) in [5, 5.41) is 0. The Morgan fingerprint density at radius 2 is 2.19 bits per heavy atom. The van der Waals surface area contributed by atoms with E-state index in [-0.39, 0.29) is 21.2 Å². The molecule has 1 aromatic heterocycles. The van der Waals surface area contributed by atoms with Crippen molar-refractivity contribution in [3.63, 3.8) is 0 Å². The highest BCUT2D eigenvalue weighted by Crippen LogP contribution is 2.34. The Morgan fingerprint density at radius 3 is 2.69 bits per heavy atom. The predicted octanol–water partition coefficient (Wildman–Crippen LogP) is 3.72. The van der Waals surface area contributed by atoms with Crippen LogP contribution >= 0.6 is 31.9 Å². The van der Waals surface area contributed by atoms with E-state index in [2.05, 4.69) is 41.6 Å². The molecule has 16 heavy (non-hydrogen) atoms. The number of rotatable bonds is 3. The quantitative estimate of drug-likeness (QED) is 0.610. The zero-order valence-electron chi connectivity index (χ0n) is 8.14. The van der Waals surface area contributed by atoms with Crippen LogP contribution in [0.15, 0.2) is 15.3 Å². The summed E-state index contributed by atoms with van der Waals surface area (Å²) in [6.45, 7) is 1.72. The number of aromatic nitrogens is 1. The lowest BCUT2D eigenvalue weighted by Crippen LogP contribution is -2.10. The van der Waals surface area contributed by atoms with Crippen molar-refractivity contribution in [1.29, 1.82) is 0 Å². The number of alkyl halides is 2. The van der Waals surface area contributed by atoms with Crippen molar-refractivity contribution in [1.82, 2.24) is 4.98 Å². The van der Waals surface area contributed by atoms with E-state index in [4.69, 9.17) is 0 Å². The van der Waals surface area contributed by atoms with E-state index in [1.54, 1.807) is 6.92 Å². The molecule has 0 fully saturated rings. The van der Waals surface area contributed by atoms with Crippen LogP contribution in [-0.2, 0) is 4.74 Å². The molecule has 3 nitrogen and oxygen atoms in total. The van der Waals surface area contributed by atoms with Gasteiger partial charge in [0.2, 0.25) is 0 Å². The van der Waals surface area contributed by atoms with Gasteiger partial charge in [-0.25, -0.2) is 18.6 Å². The molecule has 7 heteroatoms. The van der Waals surface area contributed by atoms with Crippen molar-refractivity contribution in [3.05, 3.63) is 26.4 Å². The minimum absolute atomic E-state index is 0.0630. The minimum atomic E-state index is -2.78. The third kappa shape index (κ3) is 2.76. The number of hydrogen-bond donors (Lipinski definition) is 0. The maximum Gasteiger partial charge on any atom is 0.340 e. The van der Waals surface area contributed by atoms with Gasteiger partial charge in [0.1, 0.15) is 4.60 Å². The van der Waals surface area contributed by atoms with Crippen LogP contribution in [0, 0.1) is 0 Å². The summed E-state index contributed by atoms with van der Waals surface area (Å²) >= 11 is 5.95. The number of carbonyl (C=O) groups is 1. The Bertz CT molecular complexity index is 413. The van der Waals surface area contributed by atoms with Crippen LogP contribution in [0.25, 0.3) is 0 Å². The zero-order valence-corrected chi connectivity index (χ0v) is 11.3. The van der Waals surface area contributed by atoms with Crippen LogP contribution < -0.4 is 0 Å². The second-order valence-electron chi connectivity index (χ2n) is 2.71. The number of esters is 1. The van der Waals surface area contributed by atoms with Crippen LogP contribution in [0.2, 0.25) is 0 Å². The lowest BCUT2D eigenvalue weighted by molar-refractivity contribution is 0.0514. The first-order valence-corrected chi connectivity index (χ1v) is 5.86. The average molecular weight is 359 g/mol. The largest absolute Gasteiger partial charge is 0.462 e. The first-order valence-electron chi connectivity index (χ1n) is 4.28. The van der Waals surface area contributed by atoms with E-state index in [1.807, 2.05) is 0 Å². The highest BCUT2D eigenvalue weighted by Gasteiger charge is 2.24. The van der Waals surface area contributed by atoms with Crippen molar-refractivity contribution in [2.75, 3.05) is 6.61 Å². The van der Waals surface area contributed by atoms with E-state index in [1.165, 1.54) is 0 Å². The summed E-state index contributed by atoms with van der Waals surface area (Å²) in [6, 6.07) is 0. The van der Waals surface area contributed by atoms with Crippen LogP contribution in [-0.4, -0.2) is 17.6 Å². The van der Waals surface area contributed by atoms with Crippen molar-refractivity contribution < 1.29 is 18.3 Å². The summed E-state index contributed by atoms with van der Waals surface area (Å²) in [5.41, 5.74) is -0.646. The van der Waals surface area contributed by atoms with Gasteiger partial charge in [-0.15, -0.1) is 0 Å². The highest BCUT2D eigenvalue weighted by molar-refractivity contribution is 9.13. The summed E-state index contributed by atoms with van der Waals surface area (Å²) in [6.07, 6.45) is -1.72. The van der Waals surface area contributed by atoms with Gasteiger partial charge in [0.15, 0.2) is 0 Å². The summed E-state index contributed by atoms with van der Waals surface area (Å²) in [5.74, 6) is -0.807. The summed E-state index contributed by atoms with van der Waals surface area (Å²) in [7, 11) is 0. The smallest absolute Gasteiger partial charge is 0.340 e. The molecule has 0 bridgehead atoms. The molecule has 1 aromatic rings. The molecule has 0 radical (unpaired) electrons. The summed E-state index contributed by atoms with van der Waals surface area (Å²) < 4.78 is 30.5. The number of carbonyl (C=O) groups excluding carboxylic acids is 1. The van der Waals surface area contributed by atoms with E-state index < -0.39 is 18.0 Å². The monoisotopic (exact) mass is 357 g/mol. The van der Waals surface area contributed by atoms with Crippen molar-refractivity contribution in [2.24, 2.45) is 0 Å². The normalized spacial score (nSPS) is 10.6. The van der Waals surface area contributed by atoms with Crippen molar-refractivity contribution in [2.45, 2.75) is 13.3 Å². The molecular formula is C9H7Br2F2NO2. The second kappa shape index (κ2) is 5.67. The molecule has 0 saturated carbocycles.